The topological polar surface area (TPSA) is 83.3 Å². The maximum atomic E-state index is 10.3. The molecule has 0 atom stereocenters. The van der Waals surface area contributed by atoms with Crippen LogP contribution in [0, 0.1) is 6.92 Å². The van der Waals surface area contributed by atoms with Crippen LogP contribution in [0.1, 0.15) is 16.2 Å². The number of oxazole rings is 1. The molecule has 1 aromatic heterocycles. The number of carbonyl (C=O) groups is 1. The van der Waals surface area contributed by atoms with Gasteiger partial charge in [-0.15, -0.1) is 0 Å². The summed E-state index contributed by atoms with van der Waals surface area (Å²) in [5.74, 6) is -1.84. The molecule has 54 valence electrons. The third kappa shape index (κ3) is 0.928. The Morgan fingerprint density at radius 1 is 1.70 bits per heavy atom. The van der Waals surface area contributed by atoms with Gasteiger partial charge in [0.05, 0.1) is 0 Å². The molecule has 0 aromatic carbocycles. The van der Waals surface area contributed by atoms with Gasteiger partial charge in [0, 0.05) is 0 Å². The summed E-state index contributed by atoms with van der Waals surface area (Å²) in [6, 6.07) is 0. The van der Waals surface area contributed by atoms with E-state index in [0.717, 1.165) is 0 Å². The summed E-state index contributed by atoms with van der Waals surface area (Å²) in [6.45, 7) is 1.40. The maximum absolute atomic E-state index is 10.3. The number of aromatic carboxylic acids is 1. The van der Waals surface area contributed by atoms with E-state index < -0.39 is 11.7 Å². The van der Waals surface area contributed by atoms with Gasteiger partial charge in [-0.25, -0.2) is 9.59 Å². The molecule has 0 spiro atoms. The lowest BCUT2D eigenvalue weighted by Crippen LogP contribution is -2.02. The molecule has 2 N–H and O–H groups in total. The molecule has 1 rings (SSSR count). The first kappa shape index (κ1) is 6.60. The van der Waals surface area contributed by atoms with Crippen LogP contribution in [0.3, 0.4) is 0 Å². The van der Waals surface area contributed by atoms with Crippen LogP contribution in [0.15, 0.2) is 9.21 Å². The Morgan fingerprint density at radius 3 is 2.50 bits per heavy atom. The molecule has 1 aromatic rings. The first-order valence-corrected chi connectivity index (χ1v) is 2.54. The van der Waals surface area contributed by atoms with Crippen molar-refractivity contribution in [3.05, 3.63) is 22.0 Å². The first-order chi connectivity index (χ1) is 4.61. The molecule has 10 heavy (non-hydrogen) atoms. The Bertz CT molecular complexity index is 308. The maximum Gasteiger partial charge on any atom is 0.417 e. The smallest absolute Gasteiger partial charge is 0.417 e. The van der Waals surface area contributed by atoms with Crippen molar-refractivity contribution in [2.24, 2.45) is 0 Å². The number of hydrogen-bond acceptors (Lipinski definition) is 3. The van der Waals surface area contributed by atoms with E-state index in [0.29, 0.717) is 0 Å². The van der Waals surface area contributed by atoms with Crippen LogP contribution >= 0.6 is 0 Å². The first-order valence-electron chi connectivity index (χ1n) is 2.54. The molecule has 0 fully saturated rings. The van der Waals surface area contributed by atoms with E-state index in [9.17, 15) is 9.59 Å². The third-order valence-corrected chi connectivity index (χ3v) is 1.04. The zero-order valence-corrected chi connectivity index (χ0v) is 5.17. The highest BCUT2D eigenvalue weighted by molar-refractivity contribution is 5.86. The summed E-state index contributed by atoms with van der Waals surface area (Å²) in [5, 5.41) is 8.35. The van der Waals surface area contributed by atoms with Crippen molar-refractivity contribution in [3.63, 3.8) is 0 Å². The van der Waals surface area contributed by atoms with Crippen LogP contribution in [-0.4, -0.2) is 16.1 Å². The summed E-state index contributed by atoms with van der Waals surface area (Å²) in [6.07, 6.45) is 0. The molecule has 0 saturated carbocycles. The summed E-state index contributed by atoms with van der Waals surface area (Å²) in [5.41, 5.74) is -0.190. The largest absolute Gasteiger partial charge is 0.476 e. The van der Waals surface area contributed by atoms with E-state index in [1.165, 1.54) is 6.92 Å². The molecule has 5 nitrogen and oxygen atoms in total. The van der Waals surface area contributed by atoms with Crippen LogP contribution in [0.2, 0.25) is 0 Å². The van der Waals surface area contributed by atoms with Gasteiger partial charge in [0.15, 0.2) is 5.69 Å². The van der Waals surface area contributed by atoms with Crippen molar-refractivity contribution in [2.75, 3.05) is 0 Å². The number of nitrogens with one attached hydrogen (secondary N) is 1. The molecule has 0 saturated heterocycles. The molecular formula is C5H5NO4. The molecule has 5 heteroatoms. The number of aryl methyl sites for hydroxylation is 1. The lowest BCUT2D eigenvalue weighted by atomic mass is 10.4. The van der Waals surface area contributed by atoms with Gasteiger partial charge in [-0.2, -0.15) is 0 Å². The Kier molecular flexibility index (Phi) is 1.33. The minimum absolute atomic E-state index is 0.0949. The van der Waals surface area contributed by atoms with E-state index in [4.69, 9.17) is 5.11 Å². The van der Waals surface area contributed by atoms with Crippen LogP contribution in [0.25, 0.3) is 0 Å². The van der Waals surface area contributed by atoms with Crippen molar-refractivity contribution >= 4 is 5.97 Å². The van der Waals surface area contributed by atoms with Gasteiger partial charge in [-0.3, -0.25) is 4.98 Å². The molecule has 0 aliphatic rings. The fourth-order valence-corrected chi connectivity index (χ4v) is 0.610. The van der Waals surface area contributed by atoms with E-state index in [1.807, 2.05) is 4.98 Å². The van der Waals surface area contributed by atoms with E-state index in [-0.39, 0.29) is 11.5 Å². The Hall–Kier alpha value is -1.52. The quantitative estimate of drug-likeness (QED) is 0.578. The molecule has 1 heterocycles. The van der Waals surface area contributed by atoms with Gasteiger partial charge in [0.2, 0.25) is 0 Å². The Balaban J connectivity index is 3.28. The van der Waals surface area contributed by atoms with Crippen LogP contribution in [0.4, 0.5) is 0 Å². The average molecular weight is 143 g/mol. The van der Waals surface area contributed by atoms with Crippen molar-refractivity contribution < 1.29 is 14.3 Å². The minimum Gasteiger partial charge on any atom is -0.476 e. The second-order valence-corrected chi connectivity index (χ2v) is 1.75. The van der Waals surface area contributed by atoms with E-state index >= 15 is 0 Å². The summed E-state index contributed by atoms with van der Waals surface area (Å²) < 4.78 is 4.38. The predicted octanol–water partition coefficient (Wildman–Crippen LogP) is -0.0255. The fourth-order valence-electron chi connectivity index (χ4n) is 0.610. The van der Waals surface area contributed by atoms with Crippen molar-refractivity contribution in [1.29, 1.82) is 0 Å². The SMILES string of the molecule is Cc1oc(=O)[nH]c1C(=O)O. The second-order valence-electron chi connectivity index (χ2n) is 1.75. The summed E-state index contributed by atoms with van der Waals surface area (Å²) in [7, 11) is 0. The van der Waals surface area contributed by atoms with Crippen LogP contribution < -0.4 is 5.76 Å². The second kappa shape index (κ2) is 2.02. The molecule has 0 bridgehead atoms. The Morgan fingerprint density at radius 2 is 2.30 bits per heavy atom. The molecular weight excluding hydrogens is 138 g/mol. The lowest BCUT2D eigenvalue weighted by Gasteiger charge is -1.83. The van der Waals surface area contributed by atoms with E-state index in [2.05, 4.69) is 4.42 Å². The number of carboxylic acid groups (broad SMARTS) is 1. The highest BCUT2D eigenvalue weighted by atomic mass is 16.4. The van der Waals surface area contributed by atoms with Gasteiger partial charge < -0.3 is 9.52 Å². The monoisotopic (exact) mass is 143 g/mol. The number of H-pyrrole nitrogens is 1. The van der Waals surface area contributed by atoms with Gasteiger partial charge in [0.25, 0.3) is 0 Å². The summed E-state index contributed by atoms with van der Waals surface area (Å²) in [4.78, 5) is 22.6. The molecule has 0 aliphatic heterocycles. The molecule has 0 radical (unpaired) electrons. The standard InChI is InChI=1S/C5H5NO4/c1-2-3(4(7)8)6-5(9)10-2/h1H3,(H,6,9)(H,7,8). The highest BCUT2D eigenvalue weighted by Crippen LogP contribution is 1.99. The van der Waals surface area contributed by atoms with Crippen LogP contribution in [0.5, 0.6) is 0 Å². The lowest BCUT2D eigenvalue weighted by molar-refractivity contribution is 0.0689. The van der Waals surface area contributed by atoms with Gasteiger partial charge in [-0.1, -0.05) is 0 Å². The van der Waals surface area contributed by atoms with E-state index in [1.54, 1.807) is 0 Å². The molecule has 0 aliphatic carbocycles. The number of rotatable bonds is 1. The number of carboxylic acids is 1. The van der Waals surface area contributed by atoms with Gasteiger partial charge in [-0.05, 0) is 6.92 Å². The fraction of sp³-hybridized carbons (Fsp3) is 0.200. The zero-order chi connectivity index (χ0) is 7.72. The zero-order valence-electron chi connectivity index (χ0n) is 5.17. The summed E-state index contributed by atoms with van der Waals surface area (Å²) >= 11 is 0. The highest BCUT2D eigenvalue weighted by Gasteiger charge is 2.11. The van der Waals surface area contributed by atoms with Crippen molar-refractivity contribution in [2.45, 2.75) is 6.92 Å². The van der Waals surface area contributed by atoms with Gasteiger partial charge >= 0.3 is 11.7 Å². The average Bonchev–Trinajstić information content (AvgIpc) is 2.10. The number of aromatic nitrogens is 1. The van der Waals surface area contributed by atoms with Crippen LogP contribution in [-0.2, 0) is 0 Å². The molecule has 0 amide bonds. The normalized spacial score (nSPS) is 9.70. The van der Waals surface area contributed by atoms with Crippen molar-refractivity contribution in [3.8, 4) is 0 Å². The predicted molar refractivity (Wildman–Crippen MR) is 31.0 cm³/mol. The van der Waals surface area contributed by atoms with Gasteiger partial charge in [0.1, 0.15) is 5.76 Å². The molecule has 0 unspecified atom stereocenters. The minimum atomic E-state index is -1.19. The van der Waals surface area contributed by atoms with Crippen molar-refractivity contribution in [1.82, 2.24) is 4.98 Å². The Labute approximate surface area is 55.3 Å². The number of hydrogen-bond donors (Lipinski definition) is 2. The number of aromatic amines is 1. The third-order valence-electron chi connectivity index (χ3n) is 1.04.